The molecule has 3 rings (SSSR count). The molecule has 23 heavy (non-hydrogen) atoms. The first-order valence-corrected chi connectivity index (χ1v) is 7.50. The predicted octanol–water partition coefficient (Wildman–Crippen LogP) is 3.43. The van der Waals surface area contributed by atoms with Crippen molar-refractivity contribution in [2.45, 2.75) is 13.8 Å². The molecule has 0 fully saturated rings. The molecule has 116 valence electrons. The van der Waals surface area contributed by atoms with Crippen LogP contribution in [-0.2, 0) is 4.74 Å². The number of nitrogens with zero attached hydrogens (tertiary/aromatic N) is 1. The molecule has 0 spiro atoms. The Morgan fingerprint density at radius 2 is 1.87 bits per heavy atom. The molecule has 0 bridgehead atoms. The summed E-state index contributed by atoms with van der Waals surface area (Å²) in [5, 5.41) is 0. The van der Waals surface area contributed by atoms with E-state index in [1.807, 2.05) is 48.0 Å². The molecule has 0 N–H and O–H groups in total. The van der Waals surface area contributed by atoms with Crippen LogP contribution in [0.5, 0.6) is 0 Å². The van der Waals surface area contributed by atoms with Crippen LogP contribution in [0.4, 0.5) is 0 Å². The molecule has 0 atom stereocenters. The van der Waals surface area contributed by atoms with Gasteiger partial charge in [-0.25, -0.2) is 4.79 Å². The van der Waals surface area contributed by atoms with Crippen molar-refractivity contribution in [1.82, 2.24) is 4.57 Å². The molecule has 4 heteroatoms. The molecule has 2 aliphatic rings. The smallest absolute Gasteiger partial charge is 0.340 e. The summed E-state index contributed by atoms with van der Waals surface area (Å²) in [4.78, 5) is 24.2. The summed E-state index contributed by atoms with van der Waals surface area (Å²) in [6.07, 6.45) is 1.93. The van der Waals surface area contributed by atoms with Gasteiger partial charge >= 0.3 is 5.97 Å². The molecule has 1 aromatic carbocycles. The second-order valence-electron chi connectivity index (χ2n) is 5.26. The van der Waals surface area contributed by atoms with Gasteiger partial charge in [0.25, 0.3) is 0 Å². The zero-order valence-corrected chi connectivity index (χ0v) is 13.1. The number of carbonyl (C=O) groups excluding carboxylic acids is 1. The quantitative estimate of drug-likeness (QED) is 0.697. The Labute approximate surface area is 134 Å². The first-order valence-electron chi connectivity index (χ1n) is 7.50. The monoisotopic (exact) mass is 307 g/mol. The van der Waals surface area contributed by atoms with Gasteiger partial charge < -0.3 is 9.30 Å². The van der Waals surface area contributed by atoms with Crippen molar-refractivity contribution in [3.8, 4) is 16.8 Å². The number of hydrogen-bond donors (Lipinski definition) is 0. The van der Waals surface area contributed by atoms with Crippen LogP contribution < -0.4 is 5.43 Å². The van der Waals surface area contributed by atoms with Crippen LogP contribution in [0.1, 0.15) is 23.0 Å². The third-order valence-electron chi connectivity index (χ3n) is 3.80. The van der Waals surface area contributed by atoms with Crippen LogP contribution in [0, 0.1) is 6.92 Å². The number of para-hydroxylation sites is 1. The fraction of sp³-hybridized carbons (Fsp3) is 0.158. The predicted molar refractivity (Wildman–Crippen MR) is 89.4 cm³/mol. The fourth-order valence-corrected chi connectivity index (χ4v) is 2.73. The molecule has 0 radical (unpaired) electrons. The molecule has 0 saturated heterocycles. The van der Waals surface area contributed by atoms with E-state index in [1.165, 1.54) is 12.1 Å². The number of aromatic nitrogens is 1. The van der Waals surface area contributed by atoms with Crippen molar-refractivity contribution in [3.63, 3.8) is 0 Å². The van der Waals surface area contributed by atoms with Gasteiger partial charge in [0.1, 0.15) is 0 Å². The number of rotatable bonds is 3. The molecule has 0 amide bonds. The van der Waals surface area contributed by atoms with Gasteiger partial charge in [-0.2, -0.15) is 0 Å². The highest BCUT2D eigenvalue weighted by molar-refractivity contribution is 5.99. The summed E-state index contributed by atoms with van der Waals surface area (Å²) in [5.74, 6) is -0.411. The van der Waals surface area contributed by atoms with Crippen molar-refractivity contribution in [2.24, 2.45) is 0 Å². The summed E-state index contributed by atoms with van der Waals surface area (Å²) in [6.45, 7) is 3.91. The fourth-order valence-electron chi connectivity index (χ4n) is 2.73. The molecular weight excluding hydrogens is 290 g/mol. The molecule has 1 aromatic rings. The number of hydrogen-bond acceptors (Lipinski definition) is 3. The first-order chi connectivity index (χ1) is 11.1. The maximum absolute atomic E-state index is 12.4. The van der Waals surface area contributed by atoms with Crippen molar-refractivity contribution in [3.05, 3.63) is 76.2 Å². The van der Waals surface area contributed by atoms with Crippen molar-refractivity contribution >= 4 is 5.97 Å². The van der Waals surface area contributed by atoms with Crippen molar-refractivity contribution in [2.75, 3.05) is 6.61 Å². The van der Waals surface area contributed by atoms with Gasteiger partial charge in [0.05, 0.1) is 12.2 Å². The highest BCUT2D eigenvalue weighted by Gasteiger charge is 2.21. The average molecular weight is 307 g/mol. The maximum Gasteiger partial charge on any atom is 0.340 e. The van der Waals surface area contributed by atoms with E-state index in [2.05, 4.69) is 0 Å². The number of esters is 1. The Balaban J connectivity index is 2.34. The summed E-state index contributed by atoms with van der Waals surface area (Å²) in [5.41, 5.74) is 3.45. The largest absolute Gasteiger partial charge is 0.462 e. The third kappa shape index (κ3) is 2.75. The third-order valence-corrected chi connectivity index (χ3v) is 3.80. The van der Waals surface area contributed by atoms with E-state index in [0.717, 1.165) is 16.9 Å². The minimum atomic E-state index is -0.411. The molecule has 1 aliphatic heterocycles. The molecule has 0 unspecified atom stereocenters. The number of benzene rings is 2. The van der Waals surface area contributed by atoms with Gasteiger partial charge in [0, 0.05) is 23.1 Å². The maximum atomic E-state index is 12.4. The van der Waals surface area contributed by atoms with Crippen molar-refractivity contribution in [1.29, 1.82) is 0 Å². The summed E-state index contributed by atoms with van der Waals surface area (Å²) < 4.78 is 7.14. The van der Waals surface area contributed by atoms with Gasteiger partial charge in [-0.1, -0.05) is 18.2 Å². The molecular formula is C19H17NO3. The number of ether oxygens (including phenoxy) is 1. The van der Waals surface area contributed by atoms with Crippen LogP contribution in [0.3, 0.4) is 0 Å². The zero-order valence-electron chi connectivity index (χ0n) is 13.1. The lowest BCUT2D eigenvalue weighted by atomic mass is 9.97. The van der Waals surface area contributed by atoms with Gasteiger partial charge in [0.2, 0.25) is 0 Å². The number of carbonyl (C=O) groups is 1. The Kier molecular flexibility index (Phi) is 3.98. The lowest BCUT2D eigenvalue weighted by Gasteiger charge is -2.20. The van der Waals surface area contributed by atoms with Gasteiger partial charge in [0.15, 0.2) is 5.43 Å². The van der Waals surface area contributed by atoms with Crippen molar-refractivity contribution < 1.29 is 9.53 Å². The molecule has 1 heterocycles. The minimum absolute atomic E-state index is 0.125. The summed E-state index contributed by atoms with van der Waals surface area (Å²) in [6, 6.07) is 14.5. The van der Waals surface area contributed by atoms with E-state index in [-0.39, 0.29) is 12.0 Å². The lowest BCUT2D eigenvalue weighted by Crippen LogP contribution is -2.16. The van der Waals surface area contributed by atoms with E-state index in [9.17, 15) is 9.59 Å². The van der Waals surface area contributed by atoms with Crippen LogP contribution in [0.2, 0.25) is 0 Å². The van der Waals surface area contributed by atoms with E-state index in [0.29, 0.717) is 11.1 Å². The van der Waals surface area contributed by atoms with E-state index in [4.69, 9.17) is 4.74 Å². The number of pyridine rings is 1. The van der Waals surface area contributed by atoms with E-state index >= 15 is 0 Å². The first kappa shape index (κ1) is 15.0. The topological polar surface area (TPSA) is 48.3 Å². The zero-order chi connectivity index (χ0) is 16.4. The Hall–Kier alpha value is -2.88. The molecule has 0 aromatic heterocycles. The van der Waals surface area contributed by atoms with Gasteiger partial charge in [-0.05, 0) is 49.7 Å². The highest BCUT2D eigenvalue weighted by Crippen LogP contribution is 2.29. The number of fused-ring (bicyclic) bond motifs is 1. The van der Waals surface area contributed by atoms with Crippen LogP contribution >= 0.6 is 0 Å². The average Bonchev–Trinajstić information content (AvgIpc) is 2.55. The Morgan fingerprint density at radius 1 is 1.13 bits per heavy atom. The molecule has 4 nitrogen and oxygen atoms in total. The summed E-state index contributed by atoms with van der Waals surface area (Å²) >= 11 is 0. The minimum Gasteiger partial charge on any atom is -0.462 e. The lowest BCUT2D eigenvalue weighted by molar-refractivity contribution is 0.0525. The van der Waals surface area contributed by atoms with E-state index in [1.54, 1.807) is 13.0 Å². The van der Waals surface area contributed by atoms with E-state index < -0.39 is 5.97 Å². The second kappa shape index (κ2) is 6.08. The molecule has 0 saturated carbocycles. The Bertz CT molecular complexity index is 881. The summed E-state index contributed by atoms with van der Waals surface area (Å²) in [7, 11) is 0. The highest BCUT2D eigenvalue weighted by atomic mass is 16.5. The standard InChI is InChI=1S/C19H17NO3/c1-3-23-19(22)18-13(2)20(15-7-5-4-6-8-15)12-14-9-10-16(21)11-17(14)18/h4-12H,3H2,1-2H3. The van der Waals surface area contributed by atoms with Gasteiger partial charge in [-0.15, -0.1) is 0 Å². The van der Waals surface area contributed by atoms with Crippen LogP contribution in [0.15, 0.2) is 59.5 Å². The van der Waals surface area contributed by atoms with Crippen LogP contribution in [-0.4, -0.2) is 17.1 Å². The Morgan fingerprint density at radius 3 is 2.57 bits per heavy atom. The molecule has 1 aliphatic carbocycles. The SMILES string of the molecule is CCOC(=O)c1c2cc(=O)ccc-2cn(-c2ccccc2)c1C. The second-order valence-corrected chi connectivity index (χ2v) is 5.26. The normalized spacial score (nSPS) is 10.7. The van der Waals surface area contributed by atoms with Gasteiger partial charge in [-0.3, -0.25) is 4.79 Å². The van der Waals surface area contributed by atoms with Crippen LogP contribution in [0.25, 0.3) is 16.8 Å².